The molecule has 1 aromatic heterocycles. The third kappa shape index (κ3) is 5.02. The van der Waals surface area contributed by atoms with Crippen LogP contribution in [0.15, 0.2) is 42.7 Å². The van der Waals surface area contributed by atoms with Gasteiger partial charge in [-0.3, -0.25) is 9.59 Å². The quantitative estimate of drug-likeness (QED) is 0.727. The fraction of sp³-hybridized carbons (Fsp3) is 0.368. The zero-order chi connectivity index (χ0) is 18.4. The van der Waals surface area contributed by atoms with E-state index in [2.05, 4.69) is 9.97 Å². The van der Waals surface area contributed by atoms with E-state index in [0.717, 1.165) is 12.8 Å². The Balaban J connectivity index is 1.49. The molecule has 3 rings (SSSR count). The highest BCUT2D eigenvalue weighted by atomic mass is 35.5. The molecule has 6 nitrogen and oxygen atoms in total. The first-order chi connectivity index (χ1) is 12.6. The van der Waals surface area contributed by atoms with Crippen LogP contribution in [0.2, 0.25) is 5.02 Å². The number of likely N-dealkylation sites (tertiary alicyclic amines) is 1. The maximum Gasteiger partial charge on any atom is 0.316 e. The molecule has 136 valence electrons. The lowest BCUT2D eigenvalue weighted by Gasteiger charge is -2.32. The van der Waals surface area contributed by atoms with Gasteiger partial charge in [0.25, 0.3) is 0 Å². The summed E-state index contributed by atoms with van der Waals surface area (Å²) in [6.07, 6.45) is 4.90. The lowest BCUT2D eigenvalue weighted by atomic mass is 10.0. The molecular weight excluding hydrogens is 354 g/mol. The molecule has 1 aromatic carbocycles. The average Bonchev–Trinajstić information content (AvgIpc) is 2.68. The fourth-order valence-electron chi connectivity index (χ4n) is 2.92. The molecule has 0 spiro atoms. The van der Waals surface area contributed by atoms with E-state index in [9.17, 15) is 9.59 Å². The second kappa shape index (κ2) is 8.76. The van der Waals surface area contributed by atoms with Gasteiger partial charge in [0.2, 0.25) is 5.91 Å². The Hall–Kier alpha value is -2.47. The molecule has 1 aliphatic rings. The van der Waals surface area contributed by atoms with E-state index in [1.54, 1.807) is 17.0 Å². The van der Waals surface area contributed by atoms with Gasteiger partial charge in [-0.2, -0.15) is 0 Å². The van der Waals surface area contributed by atoms with Crippen molar-refractivity contribution in [3.05, 3.63) is 53.3 Å². The number of hydrogen-bond donors (Lipinski definition) is 0. The van der Waals surface area contributed by atoms with Crippen LogP contribution in [0.3, 0.4) is 0 Å². The number of Topliss-reactive ketones (excluding diaryl/α,β-unsaturated/α-hetero) is 1. The standard InChI is InChI=1S/C19H20ClN3O3/c20-15-11-21-19(22-12-15)26-16-7-4-10-23(13-16)18(25)9-8-17(24)14-5-2-1-3-6-14/h1-3,5-6,11-12,16H,4,7-10,13H2. The van der Waals surface area contributed by atoms with Crippen molar-refractivity contribution in [3.63, 3.8) is 0 Å². The van der Waals surface area contributed by atoms with Gasteiger partial charge in [-0.1, -0.05) is 41.9 Å². The maximum atomic E-state index is 12.4. The van der Waals surface area contributed by atoms with E-state index in [-0.39, 0.29) is 36.6 Å². The monoisotopic (exact) mass is 373 g/mol. The van der Waals surface area contributed by atoms with Gasteiger partial charge < -0.3 is 9.64 Å². The van der Waals surface area contributed by atoms with E-state index in [4.69, 9.17) is 16.3 Å². The second-order valence-electron chi connectivity index (χ2n) is 6.19. The molecule has 26 heavy (non-hydrogen) atoms. The van der Waals surface area contributed by atoms with E-state index >= 15 is 0 Å². The minimum absolute atomic E-state index is 0.0154. The topological polar surface area (TPSA) is 72.4 Å². The molecule has 0 N–H and O–H groups in total. The third-order valence-corrected chi connectivity index (χ3v) is 4.46. The van der Waals surface area contributed by atoms with Crippen molar-refractivity contribution in [2.45, 2.75) is 31.8 Å². The Morgan fingerprint density at radius 1 is 1.15 bits per heavy atom. The van der Waals surface area contributed by atoms with Gasteiger partial charge in [-0.15, -0.1) is 0 Å². The van der Waals surface area contributed by atoms with Crippen LogP contribution in [-0.4, -0.2) is 45.8 Å². The number of aromatic nitrogens is 2. The number of ketones is 1. The van der Waals surface area contributed by atoms with Crippen molar-refractivity contribution in [2.75, 3.05) is 13.1 Å². The molecule has 1 aliphatic heterocycles. The molecule has 1 saturated heterocycles. The number of amides is 1. The Morgan fingerprint density at radius 2 is 1.88 bits per heavy atom. The number of benzene rings is 1. The zero-order valence-electron chi connectivity index (χ0n) is 14.3. The lowest BCUT2D eigenvalue weighted by Crippen LogP contribution is -2.44. The molecule has 1 atom stereocenters. The molecule has 7 heteroatoms. The molecule has 0 bridgehead atoms. The van der Waals surface area contributed by atoms with Crippen molar-refractivity contribution in [1.29, 1.82) is 0 Å². The van der Waals surface area contributed by atoms with Crippen LogP contribution in [-0.2, 0) is 4.79 Å². The van der Waals surface area contributed by atoms with Crippen LogP contribution in [0.5, 0.6) is 6.01 Å². The van der Waals surface area contributed by atoms with Crippen molar-refractivity contribution in [3.8, 4) is 6.01 Å². The number of rotatable bonds is 6. The van der Waals surface area contributed by atoms with Crippen LogP contribution in [0, 0.1) is 0 Å². The molecule has 1 unspecified atom stereocenters. The van der Waals surface area contributed by atoms with Gasteiger partial charge in [-0.25, -0.2) is 9.97 Å². The van der Waals surface area contributed by atoms with Crippen LogP contribution in [0.4, 0.5) is 0 Å². The number of ether oxygens (including phenoxy) is 1. The number of carbonyl (C=O) groups excluding carboxylic acids is 2. The van der Waals surface area contributed by atoms with Crippen molar-refractivity contribution in [2.24, 2.45) is 0 Å². The predicted molar refractivity (Wildman–Crippen MR) is 97.3 cm³/mol. The molecule has 0 saturated carbocycles. The fourth-order valence-corrected chi connectivity index (χ4v) is 3.02. The Bertz CT molecular complexity index is 752. The zero-order valence-corrected chi connectivity index (χ0v) is 15.1. The number of nitrogens with zero attached hydrogens (tertiary/aromatic N) is 3. The van der Waals surface area contributed by atoms with Crippen LogP contribution in [0.1, 0.15) is 36.0 Å². The average molecular weight is 374 g/mol. The summed E-state index contributed by atoms with van der Waals surface area (Å²) in [5.74, 6) is -0.0436. The van der Waals surface area contributed by atoms with Gasteiger partial charge >= 0.3 is 6.01 Å². The van der Waals surface area contributed by atoms with Crippen LogP contribution < -0.4 is 4.74 Å². The Labute approximate surface area is 157 Å². The molecular formula is C19H20ClN3O3. The van der Waals surface area contributed by atoms with E-state index in [1.165, 1.54) is 12.4 Å². The SMILES string of the molecule is O=C(CCC(=O)N1CCCC(Oc2ncc(Cl)cn2)C1)c1ccccc1. The first-order valence-electron chi connectivity index (χ1n) is 8.62. The summed E-state index contributed by atoms with van der Waals surface area (Å²) < 4.78 is 5.74. The Morgan fingerprint density at radius 3 is 2.62 bits per heavy atom. The number of piperidine rings is 1. The molecule has 2 aromatic rings. The molecule has 2 heterocycles. The number of halogens is 1. The first-order valence-corrected chi connectivity index (χ1v) is 9.00. The smallest absolute Gasteiger partial charge is 0.316 e. The molecule has 0 aliphatic carbocycles. The minimum atomic E-state index is -0.154. The molecule has 1 fully saturated rings. The van der Waals surface area contributed by atoms with Crippen molar-refractivity contribution in [1.82, 2.24) is 14.9 Å². The second-order valence-corrected chi connectivity index (χ2v) is 6.63. The van der Waals surface area contributed by atoms with Crippen molar-refractivity contribution < 1.29 is 14.3 Å². The summed E-state index contributed by atoms with van der Waals surface area (Å²) in [6.45, 7) is 1.16. The van der Waals surface area contributed by atoms with Gasteiger partial charge in [0.05, 0.1) is 24.0 Å². The molecule has 1 amide bonds. The summed E-state index contributed by atoms with van der Waals surface area (Å²) >= 11 is 5.76. The normalized spacial score (nSPS) is 17.0. The van der Waals surface area contributed by atoms with E-state index in [1.807, 2.05) is 18.2 Å². The first kappa shape index (κ1) is 18.3. The minimum Gasteiger partial charge on any atom is -0.458 e. The molecule has 0 radical (unpaired) electrons. The van der Waals surface area contributed by atoms with Crippen LogP contribution >= 0.6 is 11.6 Å². The summed E-state index contributed by atoms with van der Waals surface area (Å²) in [7, 11) is 0. The van der Waals surface area contributed by atoms with Gasteiger partial charge in [-0.05, 0) is 12.8 Å². The summed E-state index contributed by atoms with van der Waals surface area (Å²) in [5.41, 5.74) is 0.639. The number of carbonyl (C=O) groups is 2. The van der Waals surface area contributed by atoms with Crippen LogP contribution in [0.25, 0.3) is 0 Å². The lowest BCUT2D eigenvalue weighted by molar-refractivity contribution is -0.133. The third-order valence-electron chi connectivity index (χ3n) is 4.26. The van der Waals surface area contributed by atoms with Gasteiger partial charge in [0.1, 0.15) is 6.10 Å². The van der Waals surface area contributed by atoms with Gasteiger partial charge in [0, 0.05) is 24.9 Å². The maximum absolute atomic E-state index is 12.4. The largest absolute Gasteiger partial charge is 0.458 e. The number of hydrogen-bond acceptors (Lipinski definition) is 5. The van der Waals surface area contributed by atoms with Crippen molar-refractivity contribution >= 4 is 23.3 Å². The summed E-state index contributed by atoms with van der Waals surface area (Å²) in [5, 5.41) is 0.445. The predicted octanol–water partition coefficient (Wildman–Crippen LogP) is 3.16. The highest BCUT2D eigenvalue weighted by molar-refractivity contribution is 6.30. The summed E-state index contributed by atoms with van der Waals surface area (Å²) in [6, 6.07) is 9.29. The van der Waals surface area contributed by atoms with E-state index in [0.29, 0.717) is 23.7 Å². The van der Waals surface area contributed by atoms with E-state index < -0.39 is 0 Å². The highest BCUT2D eigenvalue weighted by Gasteiger charge is 2.25. The highest BCUT2D eigenvalue weighted by Crippen LogP contribution is 2.17. The Kier molecular flexibility index (Phi) is 6.17. The van der Waals surface area contributed by atoms with Gasteiger partial charge in [0.15, 0.2) is 5.78 Å². The summed E-state index contributed by atoms with van der Waals surface area (Å²) in [4.78, 5) is 34.4.